The van der Waals surface area contributed by atoms with Gasteiger partial charge in [0.25, 0.3) is 5.91 Å². The Labute approximate surface area is 178 Å². The Morgan fingerprint density at radius 3 is 2.55 bits per heavy atom. The fourth-order valence-corrected chi connectivity index (χ4v) is 3.27. The van der Waals surface area contributed by atoms with Gasteiger partial charge in [0.05, 0.1) is 17.4 Å². The molecule has 31 heavy (non-hydrogen) atoms. The number of benzene rings is 3. The van der Waals surface area contributed by atoms with Gasteiger partial charge < -0.3 is 15.2 Å². The normalized spacial score (nSPS) is 10.8. The Balaban J connectivity index is 1.41. The third-order valence-corrected chi connectivity index (χ3v) is 4.98. The van der Waals surface area contributed by atoms with Crippen LogP contribution in [0.15, 0.2) is 73.1 Å². The van der Waals surface area contributed by atoms with E-state index in [2.05, 4.69) is 15.6 Å². The number of fused-ring (bicyclic) bond motifs is 1. The number of nitrogens with one attached hydrogen (secondary N) is 2. The highest BCUT2D eigenvalue weighted by Gasteiger charge is 2.11. The van der Waals surface area contributed by atoms with Crippen LogP contribution in [-0.4, -0.2) is 21.4 Å². The van der Waals surface area contributed by atoms with E-state index in [9.17, 15) is 14.0 Å². The molecule has 1 aromatic heterocycles. The van der Waals surface area contributed by atoms with Crippen LogP contribution in [0.3, 0.4) is 0 Å². The monoisotopic (exact) mass is 416 g/mol. The van der Waals surface area contributed by atoms with Gasteiger partial charge in [-0.05, 0) is 61.0 Å². The van der Waals surface area contributed by atoms with Crippen LogP contribution in [0, 0.1) is 12.7 Å². The molecule has 0 fully saturated rings. The van der Waals surface area contributed by atoms with Crippen molar-refractivity contribution in [2.24, 2.45) is 0 Å². The average Bonchev–Trinajstić information content (AvgIpc) is 3.18. The van der Waals surface area contributed by atoms with Gasteiger partial charge in [-0.15, -0.1) is 0 Å². The van der Waals surface area contributed by atoms with Gasteiger partial charge >= 0.3 is 0 Å². The predicted octanol–water partition coefficient (Wildman–Crippen LogP) is 4.76. The number of hydrogen-bond donors (Lipinski definition) is 2. The molecule has 2 N–H and O–H groups in total. The summed E-state index contributed by atoms with van der Waals surface area (Å²) in [6.07, 6.45) is 1.89. The van der Waals surface area contributed by atoms with Crippen LogP contribution in [-0.2, 0) is 11.3 Å². The lowest BCUT2D eigenvalue weighted by Crippen LogP contribution is -2.14. The summed E-state index contributed by atoms with van der Waals surface area (Å²) < 4.78 is 14.8. The van der Waals surface area contributed by atoms with E-state index in [0.717, 1.165) is 16.8 Å². The summed E-state index contributed by atoms with van der Waals surface area (Å²) in [6.45, 7) is 2.37. The fraction of sp³-hybridized carbons (Fsp3) is 0.125. The van der Waals surface area contributed by atoms with Crippen LogP contribution in [0.1, 0.15) is 22.3 Å². The lowest BCUT2D eigenvalue weighted by atomic mass is 10.1. The second-order valence-electron chi connectivity index (χ2n) is 7.22. The summed E-state index contributed by atoms with van der Waals surface area (Å²) >= 11 is 0. The minimum Gasteiger partial charge on any atom is -0.330 e. The van der Waals surface area contributed by atoms with Gasteiger partial charge in [-0.1, -0.05) is 18.2 Å². The van der Waals surface area contributed by atoms with Gasteiger partial charge in [0, 0.05) is 29.9 Å². The highest BCUT2D eigenvalue weighted by atomic mass is 19.1. The van der Waals surface area contributed by atoms with E-state index in [1.807, 2.05) is 41.8 Å². The second-order valence-corrected chi connectivity index (χ2v) is 7.22. The number of hydrogen-bond acceptors (Lipinski definition) is 3. The molecule has 0 saturated carbocycles. The Kier molecular flexibility index (Phi) is 5.75. The van der Waals surface area contributed by atoms with E-state index in [-0.39, 0.29) is 24.1 Å². The minimum absolute atomic E-state index is 0.178. The van der Waals surface area contributed by atoms with Crippen molar-refractivity contribution in [3.05, 3.63) is 90.0 Å². The van der Waals surface area contributed by atoms with Gasteiger partial charge in [0.2, 0.25) is 5.91 Å². The molecule has 4 rings (SSSR count). The number of carbonyl (C=O) groups is 2. The third kappa shape index (κ3) is 4.78. The zero-order valence-corrected chi connectivity index (χ0v) is 16.9. The minimum atomic E-state index is -0.352. The highest BCUT2D eigenvalue weighted by molar-refractivity contribution is 6.06. The molecule has 4 aromatic rings. The number of aromatic nitrogens is 2. The first-order valence-electron chi connectivity index (χ1n) is 9.87. The molecule has 0 aliphatic rings. The van der Waals surface area contributed by atoms with E-state index in [4.69, 9.17) is 0 Å². The SMILES string of the molecule is Cc1ccccc1NC(=O)c1ccc2c(c1)ncn2CCC(=O)Nc1ccc(F)cc1. The van der Waals surface area contributed by atoms with Crippen LogP contribution >= 0.6 is 0 Å². The van der Waals surface area contributed by atoms with Gasteiger partial charge in [0.15, 0.2) is 0 Å². The first-order valence-corrected chi connectivity index (χ1v) is 9.87. The zero-order valence-electron chi connectivity index (χ0n) is 16.9. The molecular weight excluding hydrogens is 395 g/mol. The summed E-state index contributed by atoms with van der Waals surface area (Å²) in [5.41, 5.74) is 4.32. The maximum absolute atomic E-state index is 13.0. The van der Waals surface area contributed by atoms with Crippen LogP contribution in [0.5, 0.6) is 0 Å². The van der Waals surface area contributed by atoms with Crippen molar-refractivity contribution >= 4 is 34.2 Å². The van der Waals surface area contributed by atoms with Gasteiger partial charge in [0.1, 0.15) is 5.82 Å². The molecule has 6 nitrogen and oxygen atoms in total. The Morgan fingerprint density at radius 1 is 1.00 bits per heavy atom. The molecule has 0 unspecified atom stereocenters. The topological polar surface area (TPSA) is 76.0 Å². The Bertz CT molecular complexity index is 1250. The largest absolute Gasteiger partial charge is 0.330 e. The van der Waals surface area contributed by atoms with Gasteiger partial charge in [-0.25, -0.2) is 9.37 Å². The van der Waals surface area contributed by atoms with Crippen LogP contribution < -0.4 is 10.6 Å². The number of nitrogens with zero attached hydrogens (tertiary/aromatic N) is 2. The summed E-state index contributed by atoms with van der Waals surface area (Å²) in [5, 5.41) is 5.65. The van der Waals surface area contributed by atoms with Crippen molar-refractivity contribution < 1.29 is 14.0 Å². The Hall–Kier alpha value is -4.00. The molecule has 2 amide bonds. The molecule has 0 aliphatic carbocycles. The van der Waals surface area contributed by atoms with Gasteiger partial charge in [-0.2, -0.15) is 0 Å². The van der Waals surface area contributed by atoms with Crippen molar-refractivity contribution in [3.8, 4) is 0 Å². The zero-order chi connectivity index (χ0) is 21.8. The fourth-order valence-electron chi connectivity index (χ4n) is 3.27. The number of imidazole rings is 1. The predicted molar refractivity (Wildman–Crippen MR) is 119 cm³/mol. The second kappa shape index (κ2) is 8.79. The number of rotatable bonds is 6. The molecule has 0 saturated heterocycles. The number of aryl methyl sites for hydroxylation is 2. The highest BCUT2D eigenvalue weighted by Crippen LogP contribution is 2.19. The van der Waals surface area contributed by atoms with Crippen molar-refractivity contribution in [2.75, 3.05) is 10.6 Å². The lowest BCUT2D eigenvalue weighted by Gasteiger charge is -2.09. The third-order valence-electron chi connectivity index (χ3n) is 4.98. The van der Waals surface area contributed by atoms with E-state index in [0.29, 0.717) is 23.3 Å². The quantitative estimate of drug-likeness (QED) is 0.476. The summed E-state index contributed by atoms with van der Waals surface area (Å²) in [6, 6.07) is 18.5. The number of carbonyl (C=O) groups excluding carboxylic acids is 2. The first-order chi connectivity index (χ1) is 15.0. The van der Waals surface area contributed by atoms with E-state index in [1.54, 1.807) is 18.5 Å². The maximum atomic E-state index is 13.0. The maximum Gasteiger partial charge on any atom is 0.255 e. The lowest BCUT2D eigenvalue weighted by molar-refractivity contribution is -0.116. The number of para-hydroxylation sites is 1. The Morgan fingerprint density at radius 2 is 1.77 bits per heavy atom. The van der Waals surface area contributed by atoms with E-state index in [1.165, 1.54) is 24.3 Å². The summed E-state index contributed by atoms with van der Waals surface area (Å²) in [7, 11) is 0. The van der Waals surface area contributed by atoms with Gasteiger partial charge in [-0.3, -0.25) is 9.59 Å². The molecule has 3 aromatic carbocycles. The number of amides is 2. The molecule has 0 spiro atoms. The standard InChI is InChI=1S/C24H21FN4O2/c1-16-4-2-3-5-20(16)28-24(31)17-6-11-22-21(14-17)26-15-29(22)13-12-23(30)27-19-9-7-18(25)8-10-19/h2-11,14-15H,12-13H2,1H3,(H,27,30)(H,28,31). The molecule has 0 radical (unpaired) electrons. The smallest absolute Gasteiger partial charge is 0.255 e. The van der Waals surface area contributed by atoms with E-state index < -0.39 is 0 Å². The van der Waals surface area contributed by atoms with Crippen LogP contribution in [0.2, 0.25) is 0 Å². The molecular formula is C24H21FN4O2. The molecule has 0 aliphatic heterocycles. The van der Waals surface area contributed by atoms with Crippen molar-refractivity contribution in [3.63, 3.8) is 0 Å². The average molecular weight is 416 g/mol. The van der Waals surface area contributed by atoms with Crippen LogP contribution in [0.4, 0.5) is 15.8 Å². The van der Waals surface area contributed by atoms with Crippen molar-refractivity contribution in [2.45, 2.75) is 19.9 Å². The molecule has 7 heteroatoms. The number of halogens is 1. The van der Waals surface area contributed by atoms with Crippen molar-refractivity contribution in [1.29, 1.82) is 0 Å². The molecule has 156 valence electrons. The van der Waals surface area contributed by atoms with E-state index >= 15 is 0 Å². The van der Waals surface area contributed by atoms with Crippen LogP contribution in [0.25, 0.3) is 11.0 Å². The summed E-state index contributed by atoms with van der Waals surface area (Å²) in [4.78, 5) is 29.2. The molecule has 0 atom stereocenters. The molecule has 1 heterocycles. The number of anilines is 2. The molecule has 0 bridgehead atoms. The first kappa shape index (κ1) is 20.3. The van der Waals surface area contributed by atoms with Crippen molar-refractivity contribution in [1.82, 2.24) is 9.55 Å². The summed E-state index contributed by atoms with van der Waals surface area (Å²) in [5.74, 6) is -0.734.